The Morgan fingerprint density at radius 2 is 1.93 bits per heavy atom. The highest BCUT2D eigenvalue weighted by Crippen LogP contribution is 2.26. The Kier molecular flexibility index (Phi) is 9.17. The van der Waals surface area contributed by atoms with Gasteiger partial charge in [0.1, 0.15) is 11.9 Å². The second-order valence-electron chi connectivity index (χ2n) is 11.7. The SMILES string of the molecule is Cc1[nH]c([C@@H](Cc2cn(C)c3ccccc23)NC(=O)[C@H](CC(C)C)NC(=O)N[C@H]2CCCC(C)C2)nc1C(=O)O. The molecule has 1 saturated carbocycles. The van der Waals surface area contributed by atoms with Crippen molar-refractivity contribution in [2.75, 3.05) is 0 Å². The number of aryl methyl sites for hydroxylation is 2. The number of imidazole rings is 1. The fraction of sp³-hybridized carbons (Fsp3) is 0.533. The van der Waals surface area contributed by atoms with Crippen LogP contribution < -0.4 is 16.0 Å². The largest absolute Gasteiger partial charge is 0.476 e. The van der Waals surface area contributed by atoms with Crippen LogP contribution in [0.15, 0.2) is 30.5 Å². The van der Waals surface area contributed by atoms with Crippen molar-refractivity contribution in [3.05, 3.63) is 53.2 Å². The molecule has 4 atom stereocenters. The quantitative estimate of drug-likeness (QED) is 0.251. The van der Waals surface area contributed by atoms with Crippen LogP contribution in [0.3, 0.4) is 0 Å². The second kappa shape index (κ2) is 12.6. The molecule has 1 fully saturated rings. The molecule has 1 unspecified atom stereocenters. The van der Waals surface area contributed by atoms with Gasteiger partial charge in [-0.1, -0.05) is 51.8 Å². The topological polar surface area (TPSA) is 141 Å². The van der Waals surface area contributed by atoms with Gasteiger partial charge < -0.3 is 30.6 Å². The van der Waals surface area contributed by atoms with Crippen molar-refractivity contribution in [3.8, 4) is 0 Å². The number of carboxylic acids is 1. The van der Waals surface area contributed by atoms with E-state index in [2.05, 4.69) is 32.8 Å². The summed E-state index contributed by atoms with van der Waals surface area (Å²) in [6, 6.07) is 6.36. The first kappa shape index (κ1) is 29.2. The van der Waals surface area contributed by atoms with E-state index < -0.39 is 18.1 Å². The van der Waals surface area contributed by atoms with E-state index >= 15 is 0 Å². The third kappa shape index (κ3) is 7.03. The molecule has 10 heteroatoms. The smallest absolute Gasteiger partial charge is 0.356 e. The second-order valence-corrected chi connectivity index (χ2v) is 11.7. The molecule has 4 rings (SSSR count). The van der Waals surface area contributed by atoms with Crippen LogP contribution >= 0.6 is 0 Å². The van der Waals surface area contributed by atoms with Gasteiger partial charge in [-0.3, -0.25) is 4.79 Å². The molecule has 5 N–H and O–H groups in total. The van der Waals surface area contributed by atoms with Gasteiger partial charge in [0.05, 0.1) is 6.04 Å². The Morgan fingerprint density at radius 1 is 1.18 bits per heavy atom. The van der Waals surface area contributed by atoms with Crippen LogP contribution in [0.4, 0.5) is 4.79 Å². The number of fused-ring (bicyclic) bond motifs is 1. The molecule has 216 valence electrons. The summed E-state index contributed by atoms with van der Waals surface area (Å²) in [4.78, 5) is 45.8. The number of hydrogen-bond acceptors (Lipinski definition) is 4. The van der Waals surface area contributed by atoms with Crippen molar-refractivity contribution in [2.24, 2.45) is 18.9 Å². The first-order valence-electron chi connectivity index (χ1n) is 14.2. The van der Waals surface area contributed by atoms with Crippen molar-refractivity contribution in [2.45, 2.75) is 84.3 Å². The number of hydrogen-bond donors (Lipinski definition) is 5. The number of rotatable bonds is 10. The highest BCUT2D eigenvalue weighted by atomic mass is 16.4. The van der Waals surface area contributed by atoms with E-state index in [1.54, 1.807) is 6.92 Å². The minimum atomic E-state index is -1.14. The number of benzene rings is 1. The Morgan fingerprint density at radius 3 is 2.60 bits per heavy atom. The number of para-hydroxylation sites is 1. The summed E-state index contributed by atoms with van der Waals surface area (Å²) in [5.74, 6) is -0.386. The molecule has 1 aromatic carbocycles. The number of nitrogens with zero attached hydrogens (tertiary/aromatic N) is 2. The van der Waals surface area contributed by atoms with Gasteiger partial charge in [0.25, 0.3) is 0 Å². The third-order valence-corrected chi connectivity index (χ3v) is 7.76. The van der Waals surface area contributed by atoms with Crippen molar-refractivity contribution >= 4 is 28.8 Å². The lowest BCUT2D eigenvalue weighted by molar-refractivity contribution is -0.124. The van der Waals surface area contributed by atoms with Gasteiger partial charge in [-0.15, -0.1) is 0 Å². The number of carbonyl (C=O) groups is 3. The lowest BCUT2D eigenvalue weighted by Crippen LogP contribution is -2.53. The highest BCUT2D eigenvalue weighted by Gasteiger charge is 2.29. The molecule has 3 aromatic rings. The fourth-order valence-electron chi connectivity index (χ4n) is 5.81. The van der Waals surface area contributed by atoms with Crippen molar-refractivity contribution in [3.63, 3.8) is 0 Å². The van der Waals surface area contributed by atoms with Crippen molar-refractivity contribution in [1.29, 1.82) is 0 Å². The van der Waals surface area contributed by atoms with Crippen LogP contribution in [0.1, 0.15) is 86.5 Å². The van der Waals surface area contributed by atoms with Crippen LogP contribution in [0, 0.1) is 18.8 Å². The number of aromatic carboxylic acids is 1. The molecule has 10 nitrogen and oxygen atoms in total. The summed E-state index contributed by atoms with van der Waals surface area (Å²) in [7, 11) is 1.97. The summed E-state index contributed by atoms with van der Waals surface area (Å²) in [5.41, 5.74) is 2.38. The molecule has 0 bridgehead atoms. The van der Waals surface area contributed by atoms with Crippen LogP contribution in [-0.4, -0.2) is 49.6 Å². The number of nitrogens with one attached hydrogen (secondary N) is 4. The average molecular weight is 551 g/mol. The normalized spacial score (nSPS) is 18.9. The number of urea groups is 1. The summed E-state index contributed by atoms with van der Waals surface area (Å²) >= 11 is 0. The molecule has 2 heterocycles. The van der Waals surface area contributed by atoms with Gasteiger partial charge >= 0.3 is 12.0 Å². The van der Waals surface area contributed by atoms with Crippen LogP contribution in [0.2, 0.25) is 0 Å². The van der Waals surface area contributed by atoms with Crippen molar-refractivity contribution < 1.29 is 19.5 Å². The maximum Gasteiger partial charge on any atom is 0.356 e. The molecule has 0 saturated heterocycles. The van der Waals surface area contributed by atoms with Crippen LogP contribution in [-0.2, 0) is 18.3 Å². The van der Waals surface area contributed by atoms with Gasteiger partial charge in [-0.05, 0) is 49.7 Å². The Balaban J connectivity index is 1.57. The van der Waals surface area contributed by atoms with Crippen molar-refractivity contribution in [1.82, 2.24) is 30.5 Å². The number of aromatic nitrogens is 3. The summed E-state index contributed by atoms with van der Waals surface area (Å²) in [6.07, 6.45) is 6.99. The van der Waals surface area contributed by atoms with E-state index in [0.717, 1.165) is 35.7 Å². The lowest BCUT2D eigenvalue weighted by atomic mass is 9.87. The minimum Gasteiger partial charge on any atom is -0.476 e. The third-order valence-electron chi connectivity index (χ3n) is 7.76. The zero-order valence-corrected chi connectivity index (χ0v) is 24.1. The maximum atomic E-state index is 13.7. The average Bonchev–Trinajstić information content (AvgIpc) is 3.43. The first-order valence-corrected chi connectivity index (χ1v) is 14.2. The van der Waals surface area contributed by atoms with Gasteiger partial charge in [0.2, 0.25) is 5.91 Å². The van der Waals surface area contributed by atoms with E-state index in [1.165, 1.54) is 6.42 Å². The number of amides is 3. The van der Waals surface area contributed by atoms with Crippen LogP contribution in [0.5, 0.6) is 0 Å². The van der Waals surface area contributed by atoms with Gasteiger partial charge in [0, 0.05) is 42.3 Å². The molecular weight excluding hydrogens is 508 g/mol. The number of aromatic amines is 1. The number of carbonyl (C=O) groups excluding carboxylic acids is 2. The van der Waals surface area contributed by atoms with Crippen LogP contribution in [0.25, 0.3) is 10.9 Å². The van der Waals surface area contributed by atoms with Gasteiger partial charge in [-0.25, -0.2) is 14.6 Å². The monoisotopic (exact) mass is 550 g/mol. The molecule has 0 aliphatic heterocycles. The molecule has 1 aliphatic carbocycles. The molecule has 2 aromatic heterocycles. The standard InChI is InChI=1S/C30H42N6O4/c1-17(2)13-24(34-30(40)32-21-10-8-9-18(3)14-21)28(37)33-23(27-31-19(4)26(35-27)29(38)39)15-20-16-36(5)25-12-7-6-11-22(20)25/h6-7,11-12,16-18,21,23-24H,8-10,13-15H2,1-5H3,(H,31,35)(H,33,37)(H,38,39)(H2,32,34,40)/t18?,21-,23+,24-/m0/s1. The van der Waals surface area contributed by atoms with Gasteiger partial charge in [0.15, 0.2) is 5.69 Å². The number of carboxylic acid groups (broad SMARTS) is 1. The summed E-state index contributed by atoms with van der Waals surface area (Å²) in [6.45, 7) is 7.86. The molecule has 1 aliphatic rings. The molecule has 3 amide bonds. The first-order chi connectivity index (χ1) is 19.0. The van der Waals surface area contributed by atoms with E-state index in [9.17, 15) is 19.5 Å². The molecule has 40 heavy (non-hydrogen) atoms. The minimum absolute atomic E-state index is 0.0786. The molecule has 0 spiro atoms. The zero-order valence-electron chi connectivity index (χ0n) is 24.1. The van der Waals surface area contributed by atoms with E-state index in [4.69, 9.17) is 0 Å². The van der Waals surface area contributed by atoms with E-state index in [-0.39, 0.29) is 29.6 Å². The number of H-pyrrole nitrogens is 1. The predicted molar refractivity (Wildman–Crippen MR) is 154 cm³/mol. The molecule has 0 radical (unpaired) electrons. The molecular formula is C30H42N6O4. The lowest BCUT2D eigenvalue weighted by Gasteiger charge is -2.29. The highest BCUT2D eigenvalue weighted by molar-refractivity contribution is 5.88. The fourth-order valence-corrected chi connectivity index (χ4v) is 5.81. The Labute approximate surface area is 235 Å². The van der Waals surface area contributed by atoms with E-state index in [1.807, 2.05) is 55.9 Å². The summed E-state index contributed by atoms with van der Waals surface area (Å²) in [5, 5.41) is 19.7. The Bertz CT molecular complexity index is 1360. The van der Waals surface area contributed by atoms with E-state index in [0.29, 0.717) is 30.3 Å². The predicted octanol–water partition coefficient (Wildman–Crippen LogP) is 4.60. The Hall–Kier alpha value is -3.82. The maximum absolute atomic E-state index is 13.7. The zero-order chi connectivity index (χ0) is 29.0. The van der Waals surface area contributed by atoms with Gasteiger partial charge in [-0.2, -0.15) is 0 Å². The summed E-state index contributed by atoms with van der Waals surface area (Å²) < 4.78 is 2.03.